The summed E-state index contributed by atoms with van der Waals surface area (Å²) in [6.45, 7) is 3.01. The van der Waals surface area contributed by atoms with E-state index < -0.39 is 11.7 Å². The number of piperazine rings is 1. The molecule has 132 valence electrons. The molecule has 2 aliphatic rings. The molecule has 1 aliphatic carbocycles. The van der Waals surface area contributed by atoms with Crippen LogP contribution < -0.4 is 0 Å². The van der Waals surface area contributed by atoms with Crippen LogP contribution in [0.3, 0.4) is 0 Å². The Bertz CT molecular complexity index is 557. The van der Waals surface area contributed by atoms with E-state index in [1.54, 1.807) is 4.90 Å². The van der Waals surface area contributed by atoms with Gasteiger partial charge >= 0.3 is 6.18 Å². The van der Waals surface area contributed by atoms with Gasteiger partial charge in [-0.25, -0.2) is 0 Å². The number of amides is 1. The minimum Gasteiger partial charge on any atom is -0.336 e. The Morgan fingerprint density at radius 3 is 2.04 bits per heavy atom. The summed E-state index contributed by atoms with van der Waals surface area (Å²) in [6, 6.07) is 5.15. The van der Waals surface area contributed by atoms with Crippen molar-refractivity contribution in [3.63, 3.8) is 0 Å². The fourth-order valence-corrected chi connectivity index (χ4v) is 3.72. The van der Waals surface area contributed by atoms with Gasteiger partial charge in [-0.15, -0.1) is 0 Å². The van der Waals surface area contributed by atoms with Crippen molar-refractivity contribution in [2.75, 3.05) is 26.2 Å². The second-order valence-electron chi connectivity index (χ2n) is 6.70. The van der Waals surface area contributed by atoms with Crippen LogP contribution in [0.15, 0.2) is 24.3 Å². The van der Waals surface area contributed by atoms with E-state index in [2.05, 4.69) is 4.90 Å². The molecule has 3 rings (SSSR count). The molecule has 0 unspecified atom stereocenters. The molecule has 1 heterocycles. The summed E-state index contributed by atoms with van der Waals surface area (Å²) >= 11 is 0. The summed E-state index contributed by atoms with van der Waals surface area (Å²) in [5.41, 5.74) is -0.393. The molecule has 1 amide bonds. The highest BCUT2D eigenvalue weighted by atomic mass is 19.4. The molecule has 1 aliphatic heterocycles. The van der Waals surface area contributed by atoms with E-state index in [1.807, 2.05) is 0 Å². The van der Waals surface area contributed by atoms with Gasteiger partial charge in [0.1, 0.15) is 0 Å². The van der Waals surface area contributed by atoms with Crippen LogP contribution in [0.1, 0.15) is 48.0 Å². The van der Waals surface area contributed by atoms with Crippen LogP contribution >= 0.6 is 0 Å². The van der Waals surface area contributed by atoms with E-state index in [1.165, 1.54) is 44.2 Å². The SMILES string of the molecule is O=C(c1ccc(C(F)(F)F)cc1)N1CCN(C2CCCCC2)CC1. The first-order valence-corrected chi connectivity index (χ1v) is 8.66. The second-order valence-corrected chi connectivity index (χ2v) is 6.70. The molecular weight excluding hydrogens is 317 g/mol. The summed E-state index contributed by atoms with van der Waals surface area (Å²) in [5.74, 6) is -0.174. The molecule has 0 bridgehead atoms. The van der Waals surface area contributed by atoms with E-state index in [0.29, 0.717) is 24.7 Å². The van der Waals surface area contributed by atoms with Crippen molar-refractivity contribution < 1.29 is 18.0 Å². The van der Waals surface area contributed by atoms with Crippen LogP contribution in [0.2, 0.25) is 0 Å². The van der Waals surface area contributed by atoms with Crippen LogP contribution in [0.5, 0.6) is 0 Å². The Morgan fingerprint density at radius 1 is 0.917 bits per heavy atom. The van der Waals surface area contributed by atoms with E-state index in [4.69, 9.17) is 0 Å². The highest BCUT2D eigenvalue weighted by Crippen LogP contribution is 2.29. The Balaban J connectivity index is 1.56. The molecule has 0 radical (unpaired) electrons. The summed E-state index contributed by atoms with van der Waals surface area (Å²) < 4.78 is 37.8. The van der Waals surface area contributed by atoms with E-state index in [-0.39, 0.29) is 5.91 Å². The standard InChI is InChI=1S/C18H23F3N2O/c19-18(20,21)15-8-6-14(7-9-15)17(24)23-12-10-22(11-13-23)16-4-2-1-3-5-16/h6-9,16H,1-5,10-13H2. The maximum Gasteiger partial charge on any atom is 0.416 e. The van der Waals surface area contributed by atoms with Gasteiger partial charge in [0, 0.05) is 37.8 Å². The first kappa shape index (κ1) is 17.3. The van der Waals surface area contributed by atoms with Crippen molar-refractivity contribution in [2.24, 2.45) is 0 Å². The first-order chi connectivity index (χ1) is 11.4. The fourth-order valence-electron chi connectivity index (χ4n) is 3.72. The molecule has 0 atom stereocenters. The van der Waals surface area contributed by atoms with Crippen LogP contribution in [-0.2, 0) is 6.18 Å². The van der Waals surface area contributed by atoms with Gasteiger partial charge in [0.05, 0.1) is 5.56 Å². The van der Waals surface area contributed by atoms with Crippen LogP contribution in [0.25, 0.3) is 0 Å². The van der Waals surface area contributed by atoms with Gasteiger partial charge in [-0.2, -0.15) is 13.2 Å². The van der Waals surface area contributed by atoms with Crippen molar-refractivity contribution in [3.8, 4) is 0 Å². The Hall–Kier alpha value is -1.56. The average Bonchev–Trinajstić information content (AvgIpc) is 2.61. The molecular formula is C18H23F3N2O. The predicted molar refractivity (Wildman–Crippen MR) is 85.8 cm³/mol. The van der Waals surface area contributed by atoms with Crippen LogP contribution in [0.4, 0.5) is 13.2 Å². The van der Waals surface area contributed by atoms with E-state index in [9.17, 15) is 18.0 Å². The van der Waals surface area contributed by atoms with Gasteiger partial charge in [0.15, 0.2) is 0 Å². The molecule has 0 N–H and O–H groups in total. The number of rotatable bonds is 2. The van der Waals surface area contributed by atoms with Crippen LogP contribution in [-0.4, -0.2) is 47.9 Å². The molecule has 6 heteroatoms. The average molecular weight is 340 g/mol. The zero-order valence-corrected chi connectivity index (χ0v) is 13.7. The summed E-state index contributed by atoms with van der Waals surface area (Å²) in [5, 5.41) is 0. The maximum absolute atomic E-state index is 12.6. The van der Waals surface area contributed by atoms with Gasteiger partial charge < -0.3 is 4.90 Å². The Kier molecular flexibility index (Phi) is 5.13. The third kappa shape index (κ3) is 3.91. The summed E-state index contributed by atoms with van der Waals surface area (Å²) in [7, 11) is 0. The molecule has 1 aromatic carbocycles. The predicted octanol–water partition coefficient (Wildman–Crippen LogP) is 3.80. The lowest BCUT2D eigenvalue weighted by molar-refractivity contribution is -0.137. The fraction of sp³-hybridized carbons (Fsp3) is 0.611. The highest BCUT2D eigenvalue weighted by molar-refractivity contribution is 5.94. The van der Waals surface area contributed by atoms with Gasteiger partial charge in [0.2, 0.25) is 0 Å². The number of halogens is 3. The molecule has 0 aromatic heterocycles. The third-order valence-corrected chi connectivity index (χ3v) is 5.15. The summed E-state index contributed by atoms with van der Waals surface area (Å²) in [6.07, 6.45) is 2.01. The van der Waals surface area contributed by atoms with Gasteiger partial charge in [-0.3, -0.25) is 9.69 Å². The first-order valence-electron chi connectivity index (χ1n) is 8.66. The number of hydrogen-bond donors (Lipinski definition) is 0. The van der Waals surface area contributed by atoms with Crippen molar-refractivity contribution in [3.05, 3.63) is 35.4 Å². The Morgan fingerprint density at radius 2 is 1.50 bits per heavy atom. The van der Waals surface area contributed by atoms with Gasteiger partial charge in [-0.1, -0.05) is 19.3 Å². The van der Waals surface area contributed by atoms with Crippen LogP contribution in [0, 0.1) is 0 Å². The number of alkyl halides is 3. The molecule has 3 nitrogen and oxygen atoms in total. The minimum absolute atomic E-state index is 0.174. The maximum atomic E-state index is 12.6. The zero-order chi connectivity index (χ0) is 17.2. The molecule has 1 saturated carbocycles. The second kappa shape index (κ2) is 7.13. The monoisotopic (exact) mass is 340 g/mol. The lowest BCUT2D eigenvalue weighted by Gasteiger charge is -2.40. The van der Waals surface area contributed by atoms with Gasteiger partial charge in [-0.05, 0) is 37.1 Å². The molecule has 2 fully saturated rings. The van der Waals surface area contributed by atoms with Gasteiger partial charge in [0.25, 0.3) is 5.91 Å². The van der Waals surface area contributed by atoms with Crippen molar-refractivity contribution >= 4 is 5.91 Å². The minimum atomic E-state index is -4.37. The third-order valence-electron chi connectivity index (χ3n) is 5.15. The van der Waals surface area contributed by atoms with E-state index in [0.717, 1.165) is 25.2 Å². The van der Waals surface area contributed by atoms with Crippen molar-refractivity contribution in [1.29, 1.82) is 0 Å². The largest absolute Gasteiger partial charge is 0.416 e. The lowest BCUT2D eigenvalue weighted by atomic mass is 9.94. The normalized spacial score (nSPS) is 21.0. The lowest BCUT2D eigenvalue weighted by Crippen LogP contribution is -2.52. The molecule has 24 heavy (non-hydrogen) atoms. The molecule has 1 saturated heterocycles. The van der Waals surface area contributed by atoms with Crippen molar-refractivity contribution in [2.45, 2.75) is 44.3 Å². The number of carbonyl (C=O) groups excluding carboxylic acids is 1. The topological polar surface area (TPSA) is 23.6 Å². The smallest absolute Gasteiger partial charge is 0.336 e. The number of benzene rings is 1. The highest BCUT2D eigenvalue weighted by Gasteiger charge is 2.31. The molecule has 0 spiro atoms. The number of carbonyl (C=O) groups is 1. The number of hydrogen-bond acceptors (Lipinski definition) is 2. The van der Waals surface area contributed by atoms with Crippen molar-refractivity contribution in [1.82, 2.24) is 9.80 Å². The quantitative estimate of drug-likeness (QED) is 0.818. The zero-order valence-electron chi connectivity index (χ0n) is 13.7. The Labute approximate surface area is 140 Å². The number of nitrogens with zero attached hydrogens (tertiary/aromatic N) is 2. The van der Waals surface area contributed by atoms with E-state index >= 15 is 0 Å². The summed E-state index contributed by atoms with van der Waals surface area (Å²) in [4.78, 5) is 16.7. The molecule has 1 aromatic rings.